The van der Waals surface area contributed by atoms with Crippen LogP contribution in [-0.2, 0) is 4.79 Å². The van der Waals surface area contributed by atoms with E-state index >= 15 is 0 Å². The third kappa shape index (κ3) is 3.86. The molecule has 0 radical (unpaired) electrons. The number of halogens is 1. The van der Waals surface area contributed by atoms with E-state index in [0.717, 1.165) is 5.56 Å². The van der Waals surface area contributed by atoms with Gasteiger partial charge in [-0.15, -0.1) is 0 Å². The Morgan fingerprint density at radius 2 is 2.10 bits per heavy atom. The molecule has 0 spiro atoms. The van der Waals surface area contributed by atoms with Gasteiger partial charge < -0.3 is 15.0 Å². The molecule has 110 valence electrons. The van der Waals surface area contributed by atoms with E-state index in [0.29, 0.717) is 16.4 Å². The van der Waals surface area contributed by atoms with E-state index in [4.69, 9.17) is 16.3 Å². The van der Waals surface area contributed by atoms with Crippen molar-refractivity contribution < 1.29 is 9.53 Å². The van der Waals surface area contributed by atoms with Crippen molar-refractivity contribution in [3.05, 3.63) is 57.0 Å². The first-order chi connectivity index (χ1) is 9.97. The number of anilines is 1. The zero-order chi connectivity index (χ0) is 15.4. The van der Waals surface area contributed by atoms with E-state index < -0.39 is 0 Å². The highest BCUT2D eigenvalue weighted by Gasteiger charge is 2.09. The van der Waals surface area contributed by atoms with Crippen molar-refractivity contribution in [2.45, 2.75) is 13.8 Å². The number of carbonyl (C=O) groups is 1. The molecule has 0 saturated heterocycles. The number of benzene rings is 1. The summed E-state index contributed by atoms with van der Waals surface area (Å²) in [6, 6.07) is 6.57. The summed E-state index contributed by atoms with van der Waals surface area (Å²) in [5, 5.41) is 3.23. The molecule has 2 aromatic rings. The molecule has 0 saturated carbocycles. The van der Waals surface area contributed by atoms with Crippen LogP contribution < -0.4 is 15.5 Å². The number of carbonyl (C=O) groups excluding carboxylic acids is 1. The van der Waals surface area contributed by atoms with Crippen LogP contribution in [0.3, 0.4) is 0 Å². The number of pyridine rings is 1. The molecule has 2 rings (SSSR count). The van der Waals surface area contributed by atoms with Crippen LogP contribution in [0, 0.1) is 13.8 Å². The molecule has 0 unspecified atom stereocenters. The zero-order valence-corrected chi connectivity index (χ0v) is 12.5. The summed E-state index contributed by atoms with van der Waals surface area (Å²) < 4.78 is 5.27. The second kappa shape index (κ2) is 6.45. The lowest BCUT2D eigenvalue weighted by atomic mass is 10.2. The highest BCUT2D eigenvalue weighted by atomic mass is 35.5. The molecule has 1 amide bonds. The van der Waals surface area contributed by atoms with Crippen LogP contribution in [0.2, 0.25) is 5.02 Å². The number of nitrogens with one attached hydrogen (secondary N) is 2. The molecular weight excluding hydrogens is 292 g/mol. The molecule has 21 heavy (non-hydrogen) atoms. The third-order valence-corrected chi connectivity index (χ3v) is 3.31. The largest absolute Gasteiger partial charge is 0.478 e. The standard InChI is InChI=1S/C15H15ClN2O3/c1-9-3-4-11(7-12(9)16)18-14(20)8-21-15-10(2)17-6-5-13(15)19/h3-7H,8H2,1-2H3,(H,17,19)(H,18,20). The van der Waals surface area contributed by atoms with Crippen molar-refractivity contribution in [3.63, 3.8) is 0 Å². The van der Waals surface area contributed by atoms with Gasteiger partial charge in [-0.2, -0.15) is 0 Å². The Labute approximate surface area is 126 Å². The van der Waals surface area contributed by atoms with Gasteiger partial charge in [0.05, 0.1) is 5.69 Å². The minimum Gasteiger partial charge on any atom is -0.478 e. The quantitative estimate of drug-likeness (QED) is 0.912. The van der Waals surface area contributed by atoms with Crippen LogP contribution in [0.5, 0.6) is 5.75 Å². The highest BCUT2D eigenvalue weighted by molar-refractivity contribution is 6.31. The molecule has 0 atom stereocenters. The van der Waals surface area contributed by atoms with Gasteiger partial charge in [-0.25, -0.2) is 0 Å². The number of H-pyrrole nitrogens is 1. The monoisotopic (exact) mass is 306 g/mol. The number of hydrogen-bond donors (Lipinski definition) is 2. The van der Waals surface area contributed by atoms with E-state index in [1.54, 1.807) is 19.1 Å². The van der Waals surface area contributed by atoms with Crippen LogP contribution in [0.25, 0.3) is 0 Å². The third-order valence-electron chi connectivity index (χ3n) is 2.90. The molecule has 5 nitrogen and oxygen atoms in total. The van der Waals surface area contributed by atoms with Gasteiger partial charge in [0.15, 0.2) is 12.4 Å². The van der Waals surface area contributed by atoms with E-state index in [-0.39, 0.29) is 23.7 Å². The SMILES string of the molecule is Cc1ccc(NC(=O)COc2c(C)[nH]ccc2=O)cc1Cl. The van der Waals surface area contributed by atoms with Crippen molar-refractivity contribution in [2.75, 3.05) is 11.9 Å². The molecular formula is C15H15ClN2O3. The maximum absolute atomic E-state index is 11.8. The first-order valence-electron chi connectivity index (χ1n) is 6.34. The van der Waals surface area contributed by atoms with Gasteiger partial charge in [0.25, 0.3) is 5.91 Å². The van der Waals surface area contributed by atoms with Crippen molar-refractivity contribution in [3.8, 4) is 5.75 Å². The number of hydrogen-bond acceptors (Lipinski definition) is 3. The molecule has 0 aliphatic heterocycles. The van der Waals surface area contributed by atoms with Gasteiger partial charge in [-0.1, -0.05) is 17.7 Å². The van der Waals surface area contributed by atoms with E-state index in [1.807, 2.05) is 13.0 Å². The van der Waals surface area contributed by atoms with Gasteiger partial charge >= 0.3 is 0 Å². The zero-order valence-electron chi connectivity index (χ0n) is 11.7. The molecule has 1 heterocycles. The first kappa shape index (κ1) is 15.1. The van der Waals surface area contributed by atoms with Crippen LogP contribution in [0.4, 0.5) is 5.69 Å². The number of rotatable bonds is 4. The molecule has 1 aromatic heterocycles. The number of aromatic nitrogens is 1. The molecule has 0 fully saturated rings. The Kier molecular flexibility index (Phi) is 4.65. The van der Waals surface area contributed by atoms with Gasteiger partial charge in [-0.05, 0) is 31.5 Å². The summed E-state index contributed by atoms with van der Waals surface area (Å²) in [6.07, 6.45) is 1.53. The second-order valence-corrected chi connectivity index (χ2v) is 5.00. The maximum Gasteiger partial charge on any atom is 0.262 e. The van der Waals surface area contributed by atoms with E-state index in [1.165, 1.54) is 12.3 Å². The topological polar surface area (TPSA) is 71.2 Å². The predicted octanol–water partition coefficient (Wildman–Crippen LogP) is 2.66. The lowest BCUT2D eigenvalue weighted by molar-refractivity contribution is -0.118. The number of aryl methyl sites for hydroxylation is 2. The average molecular weight is 307 g/mol. The molecule has 6 heteroatoms. The Morgan fingerprint density at radius 3 is 2.76 bits per heavy atom. The Morgan fingerprint density at radius 1 is 1.33 bits per heavy atom. The number of ether oxygens (including phenoxy) is 1. The lowest BCUT2D eigenvalue weighted by Crippen LogP contribution is -2.22. The van der Waals surface area contributed by atoms with Crippen LogP contribution in [-0.4, -0.2) is 17.5 Å². The van der Waals surface area contributed by atoms with Crippen LogP contribution in [0.15, 0.2) is 35.3 Å². The number of amides is 1. The molecule has 0 aliphatic rings. The summed E-state index contributed by atoms with van der Waals surface area (Å²) in [6.45, 7) is 3.33. The van der Waals surface area contributed by atoms with Gasteiger partial charge in [0.1, 0.15) is 0 Å². The summed E-state index contributed by atoms with van der Waals surface area (Å²) in [7, 11) is 0. The summed E-state index contributed by atoms with van der Waals surface area (Å²) in [4.78, 5) is 26.3. The normalized spacial score (nSPS) is 10.2. The Hall–Kier alpha value is -2.27. The number of aromatic amines is 1. The minimum atomic E-state index is -0.363. The van der Waals surface area contributed by atoms with Crippen LogP contribution >= 0.6 is 11.6 Å². The summed E-state index contributed by atoms with van der Waals surface area (Å²) in [5.74, 6) is -0.216. The van der Waals surface area contributed by atoms with Crippen molar-refractivity contribution in [1.82, 2.24) is 4.98 Å². The Bertz CT molecular complexity index is 725. The first-order valence-corrected chi connectivity index (χ1v) is 6.72. The summed E-state index contributed by atoms with van der Waals surface area (Å²) in [5.41, 5.74) is 1.82. The van der Waals surface area contributed by atoms with Crippen LogP contribution in [0.1, 0.15) is 11.3 Å². The van der Waals surface area contributed by atoms with Gasteiger partial charge in [0.2, 0.25) is 5.43 Å². The van der Waals surface area contributed by atoms with Crippen molar-refractivity contribution >= 4 is 23.2 Å². The minimum absolute atomic E-state index is 0.148. The fourth-order valence-electron chi connectivity index (χ4n) is 1.75. The van der Waals surface area contributed by atoms with Crippen molar-refractivity contribution in [2.24, 2.45) is 0 Å². The van der Waals surface area contributed by atoms with Gasteiger partial charge in [-0.3, -0.25) is 9.59 Å². The average Bonchev–Trinajstić information content (AvgIpc) is 2.42. The van der Waals surface area contributed by atoms with Crippen molar-refractivity contribution in [1.29, 1.82) is 0 Å². The molecule has 2 N–H and O–H groups in total. The second-order valence-electron chi connectivity index (χ2n) is 4.60. The molecule has 0 bridgehead atoms. The Balaban J connectivity index is 1.99. The summed E-state index contributed by atoms with van der Waals surface area (Å²) >= 11 is 5.98. The fourth-order valence-corrected chi connectivity index (χ4v) is 1.93. The van der Waals surface area contributed by atoms with Gasteiger partial charge in [0, 0.05) is 23.0 Å². The molecule has 0 aliphatic carbocycles. The maximum atomic E-state index is 11.8. The predicted molar refractivity (Wildman–Crippen MR) is 82.1 cm³/mol. The smallest absolute Gasteiger partial charge is 0.262 e. The molecule has 1 aromatic carbocycles. The highest BCUT2D eigenvalue weighted by Crippen LogP contribution is 2.19. The lowest BCUT2D eigenvalue weighted by Gasteiger charge is -2.09. The van der Waals surface area contributed by atoms with E-state index in [2.05, 4.69) is 10.3 Å². The van der Waals surface area contributed by atoms with E-state index in [9.17, 15) is 9.59 Å². The fraction of sp³-hybridized carbons (Fsp3) is 0.200.